The van der Waals surface area contributed by atoms with Gasteiger partial charge in [-0.05, 0) is 13.2 Å². The Balaban J connectivity index is 2.89. The molecule has 0 aliphatic heterocycles. The first-order chi connectivity index (χ1) is 8.01. The van der Waals surface area contributed by atoms with Crippen LogP contribution in [-0.2, 0) is 7.05 Å². The fraction of sp³-hybridized carbons (Fsp3) is 0.600. The van der Waals surface area contributed by atoms with Gasteiger partial charge in [-0.3, -0.25) is 4.79 Å². The number of thioether (sulfide) groups is 1. The topological polar surface area (TPSA) is 67.2 Å². The zero-order chi connectivity index (χ0) is 13.0. The van der Waals surface area contributed by atoms with Crippen LogP contribution in [0.25, 0.3) is 0 Å². The number of aryl methyl sites for hydroxylation is 1. The Hall–Kier alpha value is -0.720. The van der Waals surface area contributed by atoms with Crippen LogP contribution >= 0.6 is 23.4 Å². The third-order valence-electron chi connectivity index (χ3n) is 2.50. The quantitative estimate of drug-likeness (QED) is 0.839. The van der Waals surface area contributed by atoms with Crippen LogP contribution in [0, 0.1) is 0 Å². The average molecular weight is 278 g/mol. The van der Waals surface area contributed by atoms with Gasteiger partial charge in [-0.1, -0.05) is 11.6 Å². The van der Waals surface area contributed by atoms with E-state index in [2.05, 4.69) is 10.4 Å². The highest BCUT2D eigenvalue weighted by Crippen LogP contribution is 2.20. The molecule has 1 aromatic heterocycles. The lowest BCUT2D eigenvalue weighted by molar-refractivity contribution is 0.288. The normalized spacial score (nSPS) is 14.4. The lowest BCUT2D eigenvalue weighted by Gasteiger charge is -2.22. The van der Waals surface area contributed by atoms with Crippen molar-refractivity contribution in [1.82, 2.24) is 9.78 Å². The summed E-state index contributed by atoms with van der Waals surface area (Å²) in [7, 11) is 1.54. The zero-order valence-corrected chi connectivity index (χ0v) is 11.5. The maximum atomic E-state index is 11.6. The molecule has 0 radical (unpaired) electrons. The van der Waals surface area contributed by atoms with Crippen LogP contribution in [0.4, 0.5) is 5.69 Å². The molecule has 0 fully saturated rings. The van der Waals surface area contributed by atoms with Crippen molar-refractivity contribution in [3.8, 4) is 0 Å². The highest BCUT2D eigenvalue weighted by molar-refractivity contribution is 7.99. The molecule has 1 rings (SSSR count). The molecular formula is C10H16ClN3O2S. The molecule has 2 unspecified atom stereocenters. The van der Waals surface area contributed by atoms with Crippen LogP contribution in [0.5, 0.6) is 0 Å². The van der Waals surface area contributed by atoms with E-state index in [9.17, 15) is 4.79 Å². The van der Waals surface area contributed by atoms with Crippen molar-refractivity contribution in [3.63, 3.8) is 0 Å². The molecule has 2 atom stereocenters. The number of rotatable bonds is 5. The van der Waals surface area contributed by atoms with Gasteiger partial charge < -0.3 is 10.4 Å². The van der Waals surface area contributed by atoms with Crippen LogP contribution in [0.15, 0.2) is 11.0 Å². The second-order valence-corrected chi connectivity index (χ2v) is 5.15. The predicted molar refractivity (Wildman–Crippen MR) is 72.0 cm³/mol. The highest BCUT2D eigenvalue weighted by atomic mass is 35.5. The number of anilines is 1. The summed E-state index contributed by atoms with van der Waals surface area (Å²) in [6, 6.07) is -0.0126. The Morgan fingerprint density at radius 2 is 2.35 bits per heavy atom. The number of halogens is 1. The highest BCUT2D eigenvalue weighted by Gasteiger charge is 2.17. The molecule has 1 aromatic rings. The summed E-state index contributed by atoms with van der Waals surface area (Å²) in [5, 5.41) is 16.3. The van der Waals surface area contributed by atoms with Crippen molar-refractivity contribution in [2.24, 2.45) is 7.05 Å². The van der Waals surface area contributed by atoms with Gasteiger partial charge in [0.15, 0.2) is 0 Å². The van der Waals surface area contributed by atoms with E-state index in [-0.39, 0.29) is 28.5 Å². The van der Waals surface area contributed by atoms with Crippen molar-refractivity contribution < 1.29 is 5.11 Å². The Kier molecular flexibility index (Phi) is 5.30. The molecule has 0 saturated carbocycles. The smallest absolute Gasteiger partial charge is 0.287 e. The molecule has 96 valence electrons. The van der Waals surface area contributed by atoms with E-state index in [1.165, 1.54) is 10.9 Å². The van der Waals surface area contributed by atoms with Crippen molar-refractivity contribution in [1.29, 1.82) is 0 Å². The third kappa shape index (κ3) is 3.37. The maximum Gasteiger partial charge on any atom is 0.287 e. The van der Waals surface area contributed by atoms with E-state index >= 15 is 0 Å². The van der Waals surface area contributed by atoms with E-state index < -0.39 is 0 Å². The monoisotopic (exact) mass is 277 g/mol. The molecule has 0 bridgehead atoms. The SMILES string of the molecule is CSC(CO)C(C)Nc1cnn(C)c(=O)c1Cl. The van der Waals surface area contributed by atoms with Crippen LogP contribution in [0.2, 0.25) is 5.02 Å². The summed E-state index contributed by atoms with van der Waals surface area (Å²) in [6.45, 7) is 1.98. The van der Waals surface area contributed by atoms with Gasteiger partial charge in [0.25, 0.3) is 5.56 Å². The minimum Gasteiger partial charge on any atom is -0.395 e. The van der Waals surface area contributed by atoms with Gasteiger partial charge in [0.2, 0.25) is 0 Å². The van der Waals surface area contributed by atoms with Gasteiger partial charge in [0, 0.05) is 18.3 Å². The van der Waals surface area contributed by atoms with Crippen LogP contribution in [-0.4, -0.2) is 39.0 Å². The molecule has 0 amide bonds. The molecule has 2 N–H and O–H groups in total. The number of nitrogens with zero attached hydrogens (tertiary/aromatic N) is 2. The summed E-state index contributed by atoms with van der Waals surface area (Å²) in [5.41, 5.74) is 0.156. The minimum absolute atomic E-state index is 0.0126. The Morgan fingerprint density at radius 1 is 1.71 bits per heavy atom. The van der Waals surface area contributed by atoms with Crippen molar-refractivity contribution >= 4 is 29.1 Å². The first-order valence-corrected chi connectivity index (χ1v) is 6.79. The number of aliphatic hydroxyl groups excluding tert-OH is 1. The van der Waals surface area contributed by atoms with E-state index in [1.807, 2.05) is 13.2 Å². The Labute approximate surface area is 109 Å². The molecule has 5 nitrogen and oxygen atoms in total. The van der Waals surface area contributed by atoms with Gasteiger partial charge in [0.1, 0.15) is 5.02 Å². The fourth-order valence-corrected chi connectivity index (χ4v) is 2.24. The molecule has 0 spiro atoms. The second-order valence-electron chi connectivity index (χ2n) is 3.69. The Morgan fingerprint density at radius 3 is 2.88 bits per heavy atom. The zero-order valence-electron chi connectivity index (χ0n) is 9.98. The molecule has 17 heavy (non-hydrogen) atoms. The van der Waals surface area contributed by atoms with E-state index in [1.54, 1.807) is 18.8 Å². The van der Waals surface area contributed by atoms with Crippen LogP contribution < -0.4 is 10.9 Å². The van der Waals surface area contributed by atoms with Gasteiger partial charge in [-0.2, -0.15) is 16.9 Å². The molecule has 0 aliphatic rings. The van der Waals surface area contributed by atoms with Crippen LogP contribution in [0.1, 0.15) is 6.92 Å². The molecule has 0 saturated heterocycles. The van der Waals surface area contributed by atoms with Crippen LogP contribution in [0.3, 0.4) is 0 Å². The third-order valence-corrected chi connectivity index (χ3v) is 4.03. The summed E-state index contributed by atoms with van der Waals surface area (Å²) in [4.78, 5) is 11.6. The second kappa shape index (κ2) is 6.28. The lowest BCUT2D eigenvalue weighted by Crippen LogP contribution is -2.32. The number of hydrogen-bond donors (Lipinski definition) is 2. The van der Waals surface area contributed by atoms with E-state index in [4.69, 9.17) is 16.7 Å². The largest absolute Gasteiger partial charge is 0.395 e. The van der Waals surface area contributed by atoms with E-state index in [0.29, 0.717) is 5.69 Å². The molecule has 1 heterocycles. The van der Waals surface area contributed by atoms with Gasteiger partial charge >= 0.3 is 0 Å². The minimum atomic E-state index is -0.339. The first-order valence-electron chi connectivity index (χ1n) is 5.13. The van der Waals surface area contributed by atoms with E-state index in [0.717, 1.165) is 0 Å². The number of hydrogen-bond acceptors (Lipinski definition) is 5. The van der Waals surface area contributed by atoms with Gasteiger partial charge in [-0.25, -0.2) is 4.68 Å². The van der Waals surface area contributed by atoms with Crippen molar-refractivity contribution in [3.05, 3.63) is 21.6 Å². The average Bonchev–Trinajstić information content (AvgIpc) is 2.31. The van der Waals surface area contributed by atoms with Crippen molar-refractivity contribution in [2.75, 3.05) is 18.2 Å². The van der Waals surface area contributed by atoms with Crippen molar-refractivity contribution in [2.45, 2.75) is 18.2 Å². The summed E-state index contributed by atoms with van der Waals surface area (Å²) in [6.07, 6.45) is 3.43. The predicted octanol–water partition coefficient (Wildman–Crippen LogP) is 0.958. The lowest BCUT2D eigenvalue weighted by atomic mass is 10.2. The standard InChI is InChI=1S/C10H16ClN3O2S/c1-6(8(5-15)17-3)13-7-4-12-14(2)10(16)9(7)11/h4,6,8,13,15H,5H2,1-3H3. The number of aliphatic hydroxyl groups is 1. The molecule has 0 aliphatic carbocycles. The maximum absolute atomic E-state index is 11.6. The van der Waals surface area contributed by atoms with Gasteiger partial charge in [-0.15, -0.1) is 0 Å². The first kappa shape index (κ1) is 14.3. The fourth-order valence-electron chi connectivity index (χ4n) is 1.39. The van der Waals surface area contributed by atoms with Gasteiger partial charge in [0.05, 0.1) is 18.5 Å². The molecular weight excluding hydrogens is 262 g/mol. The number of nitrogens with one attached hydrogen (secondary N) is 1. The summed E-state index contributed by atoms with van der Waals surface area (Å²) in [5.74, 6) is 0. The molecule has 7 heteroatoms. The Bertz CT molecular complexity index is 434. The summed E-state index contributed by atoms with van der Waals surface area (Å²) < 4.78 is 1.18. The molecule has 0 aromatic carbocycles. The summed E-state index contributed by atoms with van der Waals surface area (Å²) >= 11 is 7.48. The number of aromatic nitrogens is 2.